The summed E-state index contributed by atoms with van der Waals surface area (Å²) in [5.41, 5.74) is 3.08. The van der Waals surface area contributed by atoms with Crippen molar-refractivity contribution in [2.24, 2.45) is 0 Å². The molecule has 0 radical (unpaired) electrons. The zero-order valence-electron chi connectivity index (χ0n) is 24.6. The number of hydrogen-bond acceptors (Lipinski definition) is 8. The molecule has 0 amide bonds. The van der Waals surface area contributed by atoms with Gasteiger partial charge in [0.25, 0.3) is 10.0 Å². The zero-order chi connectivity index (χ0) is 31.4. The minimum absolute atomic E-state index is 0.0183. The Morgan fingerprint density at radius 1 is 0.907 bits per heavy atom. The van der Waals surface area contributed by atoms with Gasteiger partial charge < -0.3 is 4.74 Å². The van der Waals surface area contributed by atoms with Gasteiger partial charge in [0, 0.05) is 31.0 Å². The normalized spacial score (nSPS) is 14.0. The summed E-state index contributed by atoms with van der Waals surface area (Å²) in [5.74, 6) is -1.21. The molecule has 0 aliphatic heterocycles. The molecule has 4 rings (SSSR count). The Bertz CT molecular complexity index is 1820. The van der Waals surface area contributed by atoms with Gasteiger partial charge in [0.2, 0.25) is 10.0 Å². The number of methoxy groups -OCH3 is 1. The van der Waals surface area contributed by atoms with Crippen molar-refractivity contribution in [3.8, 4) is 0 Å². The van der Waals surface area contributed by atoms with Crippen LogP contribution in [0.3, 0.4) is 0 Å². The van der Waals surface area contributed by atoms with Gasteiger partial charge in [-0.25, -0.2) is 13.2 Å². The minimum Gasteiger partial charge on any atom is -0.466 e. The fourth-order valence-electron chi connectivity index (χ4n) is 4.66. The van der Waals surface area contributed by atoms with Crippen molar-refractivity contribution in [3.05, 3.63) is 119 Å². The summed E-state index contributed by atoms with van der Waals surface area (Å²) in [6, 6.07) is 21.2. The number of carbonyl (C=O) groups is 1. The molecule has 0 saturated carbocycles. The second kappa shape index (κ2) is 13.0. The van der Waals surface area contributed by atoms with E-state index in [2.05, 4.69) is 10.3 Å². The van der Waals surface area contributed by atoms with E-state index in [0.717, 1.165) is 20.8 Å². The van der Waals surface area contributed by atoms with Gasteiger partial charge in [-0.3, -0.25) is 0 Å². The number of sulfonamides is 1. The highest BCUT2D eigenvalue weighted by molar-refractivity contribution is 7.90. The molecular formula is C31H34N4O6S2. The average Bonchev–Trinajstić information content (AvgIpc) is 3.48. The Balaban J connectivity index is 1.82. The van der Waals surface area contributed by atoms with E-state index >= 15 is 0 Å². The van der Waals surface area contributed by atoms with E-state index in [-0.39, 0.29) is 27.5 Å². The van der Waals surface area contributed by atoms with E-state index in [9.17, 15) is 21.6 Å². The number of benzene rings is 3. The molecule has 4 aromatic rings. The summed E-state index contributed by atoms with van der Waals surface area (Å²) in [7, 11) is -5.34. The van der Waals surface area contributed by atoms with Gasteiger partial charge >= 0.3 is 5.97 Å². The Morgan fingerprint density at radius 2 is 1.47 bits per heavy atom. The number of rotatable bonds is 11. The number of carbonyl (C=O) groups excluding carboxylic acids is 1. The van der Waals surface area contributed by atoms with Crippen LogP contribution in [0.25, 0.3) is 0 Å². The van der Waals surface area contributed by atoms with Crippen LogP contribution in [0.4, 0.5) is 0 Å². The van der Waals surface area contributed by atoms with Crippen molar-refractivity contribution >= 4 is 26.0 Å². The zero-order valence-corrected chi connectivity index (χ0v) is 26.2. The van der Waals surface area contributed by atoms with Crippen LogP contribution in [0.1, 0.15) is 35.2 Å². The van der Waals surface area contributed by atoms with Crippen molar-refractivity contribution in [2.45, 2.75) is 48.9 Å². The standard InChI is InChI=1S/C31H34N4O6S2/c1-22-11-15-27(16-12-22)42(37,38)34(4)30(29(19-24(3)31(36)41-5)25-9-7-6-8-10-25)20-26-21-35(33-32-26)43(39,40)28-17-13-23(2)14-18-28/h6-19,21,29-30H,20H2,1-5H3/b24-19+/t29-,30-/m1/s1. The molecular weight excluding hydrogens is 588 g/mol. The van der Waals surface area contributed by atoms with Crippen LogP contribution in [-0.4, -0.2) is 61.7 Å². The number of aryl methyl sites for hydroxylation is 2. The van der Waals surface area contributed by atoms with Crippen molar-refractivity contribution in [2.75, 3.05) is 14.2 Å². The van der Waals surface area contributed by atoms with Gasteiger partial charge in [-0.15, -0.1) is 9.19 Å². The van der Waals surface area contributed by atoms with E-state index in [1.807, 2.05) is 44.2 Å². The molecule has 1 heterocycles. The molecule has 0 fully saturated rings. The number of nitrogens with zero attached hydrogens (tertiary/aromatic N) is 4. The van der Waals surface area contributed by atoms with Crippen LogP contribution in [0.15, 0.2) is 106 Å². The Labute approximate surface area is 252 Å². The van der Waals surface area contributed by atoms with Crippen molar-refractivity contribution < 1.29 is 26.4 Å². The third-order valence-electron chi connectivity index (χ3n) is 7.21. The Morgan fingerprint density at radius 3 is 2.02 bits per heavy atom. The fraction of sp³-hybridized carbons (Fsp3) is 0.258. The molecule has 0 aliphatic rings. The minimum atomic E-state index is -4.04. The lowest BCUT2D eigenvalue weighted by Crippen LogP contribution is -2.42. The lowest BCUT2D eigenvalue weighted by Gasteiger charge is -2.33. The van der Waals surface area contributed by atoms with E-state index in [4.69, 9.17) is 4.74 Å². The number of ether oxygens (including phenoxy) is 1. The summed E-state index contributed by atoms with van der Waals surface area (Å²) in [4.78, 5) is 12.6. The second-order valence-electron chi connectivity index (χ2n) is 10.3. The maximum absolute atomic E-state index is 13.9. The molecule has 2 atom stereocenters. The molecule has 0 spiro atoms. The highest BCUT2D eigenvalue weighted by atomic mass is 32.2. The number of aromatic nitrogens is 3. The Kier molecular flexibility index (Phi) is 9.63. The first-order valence-corrected chi connectivity index (χ1v) is 16.3. The largest absolute Gasteiger partial charge is 0.466 e. The van der Waals surface area contributed by atoms with Crippen molar-refractivity contribution in [1.82, 2.24) is 18.7 Å². The van der Waals surface area contributed by atoms with Crippen LogP contribution < -0.4 is 0 Å². The average molecular weight is 623 g/mol. The van der Waals surface area contributed by atoms with Crippen LogP contribution in [0, 0.1) is 13.8 Å². The quantitative estimate of drug-likeness (QED) is 0.179. The molecule has 0 N–H and O–H groups in total. The predicted molar refractivity (Wildman–Crippen MR) is 162 cm³/mol. The highest BCUT2D eigenvalue weighted by Gasteiger charge is 2.35. The van der Waals surface area contributed by atoms with E-state index < -0.39 is 38.0 Å². The Hall–Kier alpha value is -4.13. The predicted octanol–water partition coefficient (Wildman–Crippen LogP) is 4.27. The van der Waals surface area contributed by atoms with Crippen LogP contribution in [0.2, 0.25) is 0 Å². The lowest BCUT2D eigenvalue weighted by atomic mass is 9.87. The first kappa shape index (κ1) is 31.8. The van der Waals surface area contributed by atoms with E-state index in [1.54, 1.807) is 37.3 Å². The molecule has 3 aromatic carbocycles. The van der Waals surface area contributed by atoms with Crippen LogP contribution >= 0.6 is 0 Å². The van der Waals surface area contributed by atoms with Gasteiger partial charge in [-0.05, 0) is 50.6 Å². The topological polar surface area (TPSA) is 129 Å². The SMILES string of the molecule is COC(=O)/C(C)=C/[C@H](c1ccccc1)[C@@H](Cc1cn(S(=O)(=O)c2ccc(C)cc2)nn1)N(C)S(=O)(=O)c1ccc(C)cc1. The third-order valence-corrected chi connectivity index (χ3v) is 10.6. The van der Waals surface area contributed by atoms with Crippen molar-refractivity contribution in [3.63, 3.8) is 0 Å². The maximum atomic E-state index is 13.9. The third kappa shape index (κ3) is 7.10. The lowest BCUT2D eigenvalue weighted by molar-refractivity contribution is -0.136. The molecule has 0 aliphatic carbocycles. The smallest absolute Gasteiger partial charge is 0.333 e. The molecule has 43 heavy (non-hydrogen) atoms. The monoisotopic (exact) mass is 622 g/mol. The van der Waals surface area contributed by atoms with Crippen LogP contribution in [0.5, 0.6) is 0 Å². The summed E-state index contributed by atoms with van der Waals surface area (Å²) >= 11 is 0. The van der Waals surface area contributed by atoms with Crippen molar-refractivity contribution in [1.29, 1.82) is 0 Å². The molecule has 10 nitrogen and oxygen atoms in total. The molecule has 0 unspecified atom stereocenters. The van der Waals surface area contributed by atoms with Gasteiger partial charge in [-0.1, -0.05) is 77.0 Å². The number of hydrogen-bond donors (Lipinski definition) is 0. The van der Waals surface area contributed by atoms with Gasteiger partial charge in [0.15, 0.2) is 0 Å². The summed E-state index contributed by atoms with van der Waals surface area (Å²) < 4.78 is 61.3. The molecule has 12 heteroatoms. The summed E-state index contributed by atoms with van der Waals surface area (Å²) in [6.45, 7) is 5.31. The summed E-state index contributed by atoms with van der Waals surface area (Å²) in [6.07, 6.45) is 2.93. The van der Waals surface area contributed by atoms with E-state index in [0.29, 0.717) is 0 Å². The highest BCUT2D eigenvalue weighted by Crippen LogP contribution is 2.32. The molecule has 226 valence electrons. The van der Waals surface area contributed by atoms with E-state index in [1.165, 1.54) is 48.9 Å². The first-order chi connectivity index (χ1) is 20.3. The molecule has 1 aromatic heterocycles. The van der Waals surface area contributed by atoms with Gasteiger partial charge in [0.05, 0.1) is 28.8 Å². The maximum Gasteiger partial charge on any atom is 0.333 e. The molecule has 0 saturated heterocycles. The van der Waals surface area contributed by atoms with Crippen LogP contribution in [-0.2, 0) is 36.0 Å². The number of esters is 1. The molecule has 0 bridgehead atoms. The number of likely N-dealkylation sites (N-methyl/N-ethyl adjacent to an activating group) is 1. The second-order valence-corrected chi connectivity index (χ2v) is 14.1. The fourth-order valence-corrected chi connectivity index (χ4v) is 7.13. The first-order valence-electron chi connectivity index (χ1n) is 13.4. The van der Waals surface area contributed by atoms with Gasteiger partial charge in [0.1, 0.15) is 0 Å². The summed E-state index contributed by atoms with van der Waals surface area (Å²) in [5, 5.41) is 8.01. The van der Waals surface area contributed by atoms with Gasteiger partial charge in [-0.2, -0.15) is 12.7 Å².